The van der Waals surface area contributed by atoms with Crippen molar-refractivity contribution < 1.29 is 17.6 Å². The van der Waals surface area contributed by atoms with Crippen LogP contribution in [0.25, 0.3) is 22.6 Å². The highest BCUT2D eigenvalue weighted by Gasteiger charge is 2.23. The molecule has 43 heavy (non-hydrogen) atoms. The summed E-state index contributed by atoms with van der Waals surface area (Å²) < 4.78 is 34.1. The van der Waals surface area contributed by atoms with Gasteiger partial charge >= 0.3 is 0 Å². The first-order valence-corrected chi connectivity index (χ1v) is 15.9. The highest BCUT2D eigenvalue weighted by atomic mass is 32.2. The standard InChI is InChI=1S/C34H27N3O4S2/c1-23-11-21-29(22-12-23)43(39,40)37-27-17-19-28(20-18-27)42-32(24-7-3-2-4-8-24)33(38)35-26-15-13-25(14-16-26)34-36-30-9-5-6-10-31(30)41-34/h2-22,32,37H,1H3,(H,35,38). The number of carbonyl (C=O) groups is 1. The van der Waals surface area contributed by atoms with Gasteiger partial charge in [-0.05, 0) is 85.3 Å². The number of para-hydroxylation sites is 2. The predicted octanol–water partition coefficient (Wildman–Crippen LogP) is 8.08. The van der Waals surface area contributed by atoms with Crippen LogP contribution in [-0.4, -0.2) is 19.3 Å². The lowest BCUT2D eigenvalue weighted by Crippen LogP contribution is -2.19. The third-order valence-corrected chi connectivity index (χ3v) is 9.39. The summed E-state index contributed by atoms with van der Waals surface area (Å²) in [4.78, 5) is 19.1. The van der Waals surface area contributed by atoms with Crippen LogP contribution in [0.4, 0.5) is 11.4 Å². The number of amides is 1. The molecule has 0 fully saturated rings. The fourth-order valence-corrected chi connectivity index (χ4v) is 6.55. The molecule has 0 saturated heterocycles. The molecule has 0 saturated carbocycles. The van der Waals surface area contributed by atoms with Crippen molar-refractivity contribution >= 4 is 50.2 Å². The molecule has 9 heteroatoms. The van der Waals surface area contributed by atoms with E-state index in [1.165, 1.54) is 11.8 Å². The monoisotopic (exact) mass is 605 g/mol. The summed E-state index contributed by atoms with van der Waals surface area (Å²) in [6.45, 7) is 1.90. The Bertz CT molecular complexity index is 1940. The van der Waals surface area contributed by atoms with Gasteiger partial charge in [-0.15, -0.1) is 11.8 Å². The number of aromatic nitrogens is 1. The van der Waals surface area contributed by atoms with Crippen molar-refractivity contribution in [2.75, 3.05) is 10.0 Å². The van der Waals surface area contributed by atoms with E-state index < -0.39 is 15.3 Å². The van der Waals surface area contributed by atoms with Crippen molar-refractivity contribution in [2.24, 2.45) is 0 Å². The van der Waals surface area contributed by atoms with E-state index in [0.717, 1.165) is 27.1 Å². The molecule has 1 aromatic heterocycles. The number of aryl methyl sites for hydroxylation is 1. The van der Waals surface area contributed by atoms with Crippen LogP contribution in [-0.2, 0) is 14.8 Å². The predicted molar refractivity (Wildman–Crippen MR) is 172 cm³/mol. The Morgan fingerprint density at radius 3 is 2.12 bits per heavy atom. The Balaban J connectivity index is 1.16. The van der Waals surface area contributed by atoms with Crippen molar-refractivity contribution in [3.8, 4) is 11.5 Å². The molecule has 1 heterocycles. The van der Waals surface area contributed by atoms with Crippen LogP contribution in [0.3, 0.4) is 0 Å². The third kappa shape index (κ3) is 6.63. The van der Waals surface area contributed by atoms with E-state index in [1.54, 1.807) is 48.5 Å². The summed E-state index contributed by atoms with van der Waals surface area (Å²) >= 11 is 1.38. The molecule has 1 unspecified atom stereocenters. The number of thioether (sulfide) groups is 1. The van der Waals surface area contributed by atoms with Crippen LogP contribution in [0.5, 0.6) is 0 Å². The van der Waals surface area contributed by atoms with Crippen molar-refractivity contribution in [1.29, 1.82) is 0 Å². The van der Waals surface area contributed by atoms with Gasteiger partial charge < -0.3 is 9.73 Å². The lowest BCUT2D eigenvalue weighted by atomic mass is 10.1. The van der Waals surface area contributed by atoms with Gasteiger partial charge in [0.1, 0.15) is 10.8 Å². The molecule has 0 aliphatic heterocycles. The van der Waals surface area contributed by atoms with Crippen LogP contribution in [0.15, 0.2) is 142 Å². The van der Waals surface area contributed by atoms with E-state index in [0.29, 0.717) is 22.8 Å². The number of hydrogen-bond acceptors (Lipinski definition) is 6. The van der Waals surface area contributed by atoms with Crippen LogP contribution in [0.2, 0.25) is 0 Å². The number of anilines is 2. The van der Waals surface area contributed by atoms with Gasteiger partial charge in [-0.2, -0.15) is 0 Å². The second kappa shape index (κ2) is 12.2. The van der Waals surface area contributed by atoms with E-state index >= 15 is 0 Å². The number of nitrogens with zero attached hydrogens (tertiary/aromatic N) is 1. The average Bonchev–Trinajstić information content (AvgIpc) is 3.46. The molecule has 5 aromatic carbocycles. The summed E-state index contributed by atoms with van der Waals surface area (Å²) in [5.41, 5.74) is 5.22. The number of oxazole rings is 1. The number of carbonyl (C=O) groups excluding carboxylic acids is 1. The van der Waals surface area contributed by atoms with Gasteiger partial charge in [-0.1, -0.05) is 60.2 Å². The molecule has 214 valence electrons. The molecule has 0 bridgehead atoms. The minimum atomic E-state index is -3.72. The van der Waals surface area contributed by atoms with Crippen molar-refractivity contribution in [1.82, 2.24) is 4.98 Å². The van der Waals surface area contributed by atoms with Gasteiger partial charge in [0.2, 0.25) is 11.8 Å². The van der Waals surface area contributed by atoms with Gasteiger partial charge in [0.05, 0.1) is 4.90 Å². The highest BCUT2D eigenvalue weighted by Crippen LogP contribution is 2.37. The normalized spacial score (nSPS) is 12.1. The Hall–Kier alpha value is -4.86. The Morgan fingerprint density at radius 2 is 1.42 bits per heavy atom. The fourth-order valence-electron chi connectivity index (χ4n) is 4.47. The van der Waals surface area contributed by atoms with Gasteiger partial charge in [-0.3, -0.25) is 9.52 Å². The summed E-state index contributed by atoms with van der Waals surface area (Å²) in [7, 11) is -3.72. The van der Waals surface area contributed by atoms with Gasteiger partial charge in [0, 0.05) is 21.8 Å². The minimum Gasteiger partial charge on any atom is -0.436 e. The van der Waals surface area contributed by atoms with E-state index in [9.17, 15) is 13.2 Å². The lowest BCUT2D eigenvalue weighted by Gasteiger charge is -2.17. The Kier molecular flexibility index (Phi) is 8.00. The van der Waals surface area contributed by atoms with Crippen molar-refractivity contribution in [3.63, 3.8) is 0 Å². The largest absolute Gasteiger partial charge is 0.436 e. The Labute approximate surface area is 254 Å². The van der Waals surface area contributed by atoms with Crippen LogP contribution < -0.4 is 10.0 Å². The maximum absolute atomic E-state index is 13.6. The number of fused-ring (bicyclic) bond motifs is 1. The summed E-state index contributed by atoms with van der Waals surface area (Å²) in [5.74, 6) is 0.330. The molecule has 0 aliphatic carbocycles. The van der Waals surface area contributed by atoms with Gasteiger partial charge in [0.25, 0.3) is 10.0 Å². The van der Waals surface area contributed by atoms with E-state index in [-0.39, 0.29) is 10.8 Å². The van der Waals surface area contributed by atoms with Crippen molar-refractivity contribution in [3.05, 3.63) is 139 Å². The Morgan fingerprint density at radius 1 is 0.767 bits per heavy atom. The van der Waals surface area contributed by atoms with Gasteiger partial charge in [0.15, 0.2) is 5.58 Å². The van der Waals surface area contributed by atoms with Crippen LogP contribution in [0, 0.1) is 6.92 Å². The number of benzene rings is 5. The summed E-state index contributed by atoms with van der Waals surface area (Å²) in [6, 6.07) is 38.2. The maximum atomic E-state index is 13.6. The first-order valence-electron chi connectivity index (χ1n) is 13.5. The van der Waals surface area contributed by atoms with E-state index in [4.69, 9.17) is 4.42 Å². The quantitative estimate of drug-likeness (QED) is 0.162. The molecule has 0 aliphatic rings. The summed E-state index contributed by atoms with van der Waals surface area (Å²) in [5, 5.41) is 2.48. The van der Waals surface area contributed by atoms with E-state index in [2.05, 4.69) is 15.0 Å². The fraction of sp³-hybridized carbons (Fsp3) is 0.0588. The number of sulfonamides is 1. The number of hydrogen-bond donors (Lipinski definition) is 2. The molecular weight excluding hydrogens is 579 g/mol. The SMILES string of the molecule is Cc1ccc(S(=O)(=O)Nc2ccc(SC(C(=O)Nc3ccc(-c4nc5ccccc5o4)cc3)c3ccccc3)cc2)cc1. The second-order valence-electron chi connectivity index (χ2n) is 9.90. The number of nitrogens with one attached hydrogen (secondary N) is 2. The lowest BCUT2D eigenvalue weighted by molar-refractivity contribution is -0.115. The molecule has 1 atom stereocenters. The number of rotatable bonds is 9. The minimum absolute atomic E-state index is 0.185. The highest BCUT2D eigenvalue weighted by molar-refractivity contribution is 8.00. The molecule has 1 amide bonds. The zero-order valence-electron chi connectivity index (χ0n) is 23.1. The molecule has 0 radical (unpaired) electrons. The van der Waals surface area contributed by atoms with Gasteiger partial charge in [-0.25, -0.2) is 13.4 Å². The van der Waals surface area contributed by atoms with Crippen LogP contribution in [0.1, 0.15) is 16.4 Å². The second-order valence-corrected chi connectivity index (χ2v) is 12.8. The smallest absolute Gasteiger partial charge is 0.261 e. The molecular formula is C34H27N3O4S2. The van der Waals surface area contributed by atoms with Crippen LogP contribution >= 0.6 is 11.8 Å². The topological polar surface area (TPSA) is 101 Å². The zero-order chi connectivity index (χ0) is 29.8. The van der Waals surface area contributed by atoms with E-state index in [1.807, 2.05) is 85.8 Å². The average molecular weight is 606 g/mol. The molecule has 7 nitrogen and oxygen atoms in total. The first kappa shape index (κ1) is 28.3. The molecule has 6 aromatic rings. The molecule has 6 rings (SSSR count). The first-order chi connectivity index (χ1) is 20.8. The van der Waals surface area contributed by atoms with Crippen molar-refractivity contribution in [2.45, 2.75) is 22.0 Å². The zero-order valence-corrected chi connectivity index (χ0v) is 24.7. The summed E-state index contributed by atoms with van der Waals surface area (Å²) in [6.07, 6.45) is 0. The maximum Gasteiger partial charge on any atom is 0.261 e. The molecule has 2 N–H and O–H groups in total. The molecule has 0 spiro atoms. The third-order valence-electron chi connectivity index (χ3n) is 6.73.